The molecule has 0 aliphatic carbocycles. The Kier molecular flexibility index (Phi) is 4.10. The topological polar surface area (TPSA) is 47.8 Å². The lowest BCUT2D eigenvalue weighted by atomic mass is 10.1. The quantitative estimate of drug-likeness (QED) is 0.907. The number of fused-ring (bicyclic) bond motifs is 1. The summed E-state index contributed by atoms with van der Waals surface area (Å²) in [5, 5.41) is 5.11. The first-order valence-corrected chi connectivity index (χ1v) is 7.66. The standard InChI is InChI=1S/C15H20F3N5O/c1-10(2)12-4-11(24-20-12)6-22-7-14-13(21(3)9-22)5-19-23(14)8-15(16,17)18/h4-5,7,10,19H,6,8-9H2,1-3H3. The van der Waals surface area contributed by atoms with Gasteiger partial charge in [0.25, 0.3) is 0 Å². The van der Waals surface area contributed by atoms with E-state index in [4.69, 9.17) is 4.52 Å². The third-order valence-corrected chi connectivity index (χ3v) is 3.89. The van der Waals surface area contributed by atoms with Crippen LogP contribution in [0.4, 0.5) is 13.2 Å². The highest BCUT2D eigenvalue weighted by Gasteiger charge is 2.37. The minimum Gasteiger partial charge on any atom is -0.359 e. The van der Waals surface area contributed by atoms with Gasteiger partial charge in [0.05, 0.1) is 30.3 Å². The number of alkyl halides is 3. The normalized spacial score (nSPS) is 17.9. The summed E-state index contributed by atoms with van der Waals surface area (Å²) in [5.41, 5.74) is 4.76. The van der Waals surface area contributed by atoms with E-state index in [1.54, 1.807) is 12.4 Å². The molecule has 24 heavy (non-hydrogen) atoms. The molecular formula is C15H20F3N5O. The molecule has 0 saturated heterocycles. The molecule has 2 aliphatic heterocycles. The zero-order valence-corrected chi connectivity index (χ0v) is 13.8. The van der Waals surface area contributed by atoms with Crippen LogP contribution in [-0.2, 0) is 6.54 Å². The maximum absolute atomic E-state index is 12.7. The first-order chi connectivity index (χ1) is 11.2. The van der Waals surface area contributed by atoms with Gasteiger partial charge in [-0.25, -0.2) is 0 Å². The van der Waals surface area contributed by atoms with Gasteiger partial charge < -0.3 is 19.7 Å². The van der Waals surface area contributed by atoms with Gasteiger partial charge in [-0.1, -0.05) is 19.0 Å². The summed E-state index contributed by atoms with van der Waals surface area (Å²) >= 11 is 0. The third-order valence-electron chi connectivity index (χ3n) is 3.89. The first kappa shape index (κ1) is 16.5. The van der Waals surface area contributed by atoms with Crippen LogP contribution >= 0.6 is 0 Å². The second-order valence-corrected chi connectivity index (χ2v) is 6.33. The molecule has 1 aromatic heterocycles. The third kappa shape index (κ3) is 3.44. The van der Waals surface area contributed by atoms with Crippen molar-refractivity contribution in [1.29, 1.82) is 0 Å². The number of hydrogen-bond acceptors (Lipinski definition) is 6. The maximum atomic E-state index is 12.7. The lowest BCUT2D eigenvalue weighted by Gasteiger charge is -2.35. The summed E-state index contributed by atoms with van der Waals surface area (Å²) < 4.78 is 43.4. The molecule has 0 amide bonds. The molecule has 0 radical (unpaired) electrons. The molecule has 1 aromatic rings. The van der Waals surface area contributed by atoms with E-state index in [1.807, 2.05) is 36.8 Å². The molecule has 132 valence electrons. The molecule has 0 bridgehead atoms. The summed E-state index contributed by atoms with van der Waals surface area (Å²) in [7, 11) is 1.84. The number of halogens is 3. The van der Waals surface area contributed by atoms with Crippen molar-refractivity contribution in [3.05, 3.63) is 41.3 Å². The van der Waals surface area contributed by atoms with E-state index >= 15 is 0 Å². The number of hydrazine groups is 1. The van der Waals surface area contributed by atoms with E-state index in [0.29, 0.717) is 24.7 Å². The lowest BCUT2D eigenvalue weighted by molar-refractivity contribution is -0.145. The molecule has 0 aromatic carbocycles. The fraction of sp³-hybridized carbons (Fsp3) is 0.533. The predicted octanol–water partition coefficient (Wildman–Crippen LogP) is 2.57. The van der Waals surface area contributed by atoms with Crippen LogP contribution in [0.5, 0.6) is 0 Å². The van der Waals surface area contributed by atoms with Gasteiger partial charge in [-0.05, 0) is 5.92 Å². The van der Waals surface area contributed by atoms with Crippen LogP contribution in [0.2, 0.25) is 0 Å². The van der Waals surface area contributed by atoms with Gasteiger partial charge in [0.1, 0.15) is 6.54 Å². The van der Waals surface area contributed by atoms with Crippen LogP contribution in [-0.4, -0.2) is 46.4 Å². The molecule has 3 heterocycles. The van der Waals surface area contributed by atoms with E-state index in [0.717, 1.165) is 16.4 Å². The van der Waals surface area contributed by atoms with Crippen LogP contribution in [0.1, 0.15) is 31.2 Å². The molecule has 0 saturated carbocycles. The molecule has 0 fully saturated rings. The smallest absolute Gasteiger partial charge is 0.359 e. The van der Waals surface area contributed by atoms with E-state index in [-0.39, 0.29) is 5.92 Å². The molecule has 0 atom stereocenters. The Bertz CT molecular complexity index is 664. The summed E-state index contributed by atoms with van der Waals surface area (Å²) in [6, 6.07) is 1.88. The highest BCUT2D eigenvalue weighted by molar-refractivity contribution is 5.33. The molecule has 1 N–H and O–H groups in total. The first-order valence-electron chi connectivity index (χ1n) is 7.66. The van der Waals surface area contributed by atoms with E-state index < -0.39 is 12.7 Å². The summed E-state index contributed by atoms with van der Waals surface area (Å²) in [5.74, 6) is 0.949. The van der Waals surface area contributed by atoms with Crippen LogP contribution in [0.15, 0.2) is 34.4 Å². The number of nitrogens with zero attached hydrogens (tertiary/aromatic N) is 4. The summed E-state index contributed by atoms with van der Waals surface area (Å²) in [6.07, 6.45) is -0.982. The Morgan fingerprint density at radius 1 is 1.33 bits per heavy atom. The Labute approximate surface area is 138 Å². The number of aromatic nitrogens is 1. The number of likely N-dealkylation sites (N-methyl/N-ethyl adjacent to an activating group) is 1. The Balaban J connectivity index is 1.76. The number of rotatable bonds is 4. The monoisotopic (exact) mass is 343 g/mol. The molecular weight excluding hydrogens is 323 g/mol. The van der Waals surface area contributed by atoms with Crippen molar-refractivity contribution < 1.29 is 17.7 Å². The van der Waals surface area contributed by atoms with Crippen molar-refractivity contribution in [1.82, 2.24) is 25.4 Å². The molecule has 9 heteroatoms. The van der Waals surface area contributed by atoms with Crippen molar-refractivity contribution in [2.75, 3.05) is 20.3 Å². The van der Waals surface area contributed by atoms with Crippen LogP contribution < -0.4 is 5.43 Å². The van der Waals surface area contributed by atoms with Gasteiger partial charge >= 0.3 is 6.18 Å². The van der Waals surface area contributed by atoms with Gasteiger partial charge in [0, 0.05) is 25.5 Å². The molecule has 0 unspecified atom stereocenters. The molecule has 6 nitrogen and oxygen atoms in total. The Morgan fingerprint density at radius 3 is 2.71 bits per heavy atom. The van der Waals surface area contributed by atoms with E-state index in [2.05, 4.69) is 10.6 Å². The Morgan fingerprint density at radius 2 is 2.08 bits per heavy atom. The minimum absolute atomic E-state index is 0.265. The fourth-order valence-electron chi connectivity index (χ4n) is 2.71. The fourth-order valence-corrected chi connectivity index (χ4v) is 2.71. The second-order valence-electron chi connectivity index (χ2n) is 6.33. The average molecular weight is 343 g/mol. The zero-order chi connectivity index (χ0) is 17.5. The van der Waals surface area contributed by atoms with Crippen molar-refractivity contribution in [2.24, 2.45) is 0 Å². The van der Waals surface area contributed by atoms with Gasteiger partial charge in [0.15, 0.2) is 5.76 Å². The van der Waals surface area contributed by atoms with Gasteiger partial charge in [-0.2, -0.15) is 13.2 Å². The lowest BCUT2D eigenvalue weighted by Crippen LogP contribution is -2.42. The predicted molar refractivity (Wildman–Crippen MR) is 80.8 cm³/mol. The van der Waals surface area contributed by atoms with Crippen LogP contribution in [0.3, 0.4) is 0 Å². The minimum atomic E-state index is -4.28. The van der Waals surface area contributed by atoms with Crippen molar-refractivity contribution >= 4 is 0 Å². The molecule has 2 aliphatic rings. The number of hydrogen-bond donors (Lipinski definition) is 1. The van der Waals surface area contributed by atoms with Crippen LogP contribution in [0, 0.1) is 0 Å². The summed E-state index contributed by atoms with van der Waals surface area (Å²) in [4.78, 5) is 3.78. The highest BCUT2D eigenvalue weighted by Crippen LogP contribution is 2.30. The molecule has 0 spiro atoms. The number of nitrogens with one attached hydrogen (secondary N) is 1. The highest BCUT2D eigenvalue weighted by atomic mass is 19.4. The van der Waals surface area contributed by atoms with E-state index in [9.17, 15) is 13.2 Å². The van der Waals surface area contributed by atoms with E-state index in [1.165, 1.54) is 0 Å². The Hall–Kier alpha value is -2.32. The molecule has 3 rings (SSSR count). The van der Waals surface area contributed by atoms with Gasteiger partial charge in [0.2, 0.25) is 0 Å². The van der Waals surface area contributed by atoms with Gasteiger partial charge in [-0.15, -0.1) is 0 Å². The largest absolute Gasteiger partial charge is 0.407 e. The van der Waals surface area contributed by atoms with Crippen molar-refractivity contribution in [2.45, 2.75) is 32.5 Å². The van der Waals surface area contributed by atoms with Crippen LogP contribution in [0.25, 0.3) is 0 Å². The average Bonchev–Trinajstić information content (AvgIpc) is 3.06. The van der Waals surface area contributed by atoms with Crippen molar-refractivity contribution in [3.63, 3.8) is 0 Å². The zero-order valence-electron chi connectivity index (χ0n) is 13.8. The maximum Gasteiger partial charge on any atom is 0.407 e. The SMILES string of the molecule is CC(C)c1cc(CN2C=C3C(=CNN3CC(F)(F)F)N(C)C2)on1. The second kappa shape index (κ2) is 5.95. The summed E-state index contributed by atoms with van der Waals surface area (Å²) in [6.45, 7) is 3.98. The van der Waals surface area contributed by atoms with Gasteiger partial charge in [-0.3, -0.25) is 5.01 Å². The van der Waals surface area contributed by atoms with Crippen molar-refractivity contribution in [3.8, 4) is 0 Å².